The number of carbonyl (C=O) groups is 1. The van der Waals surface area contributed by atoms with Crippen LogP contribution in [-0.2, 0) is 10.2 Å². The minimum absolute atomic E-state index is 0.0681. The first-order valence-electron chi connectivity index (χ1n) is 12.4. The quantitative estimate of drug-likeness (QED) is 0.688. The predicted molar refractivity (Wildman–Crippen MR) is 133 cm³/mol. The fourth-order valence-electron chi connectivity index (χ4n) is 5.82. The highest BCUT2D eigenvalue weighted by Crippen LogP contribution is 2.43. The molecule has 3 aliphatic rings. The Labute approximate surface area is 197 Å². The van der Waals surface area contributed by atoms with Crippen LogP contribution >= 0.6 is 0 Å². The second-order valence-corrected chi connectivity index (χ2v) is 9.95. The van der Waals surface area contributed by atoms with Crippen LogP contribution in [0.15, 0.2) is 60.7 Å². The molecular weight excluding hydrogens is 410 g/mol. The van der Waals surface area contributed by atoms with Crippen LogP contribution in [0.2, 0.25) is 0 Å². The zero-order valence-corrected chi connectivity index (χ0v) is 19.3. The Morgan fingerprint density at radius 3 is 2.48 bits per heavy atom. The largest absolute Gasteiger partial charge is 0.392 e. The number of carbonyl (C=O) groups excluding carboxylic acids is 1. The van der Waals surface area contributed by atoms with Crippen molar-refractivity contribution in [2.75, 3.05) is 44.6 Å². The summed E-state index contributed by atoms with van der Waals surface area (Å²) in [6.07, 6.45) is 7.28. The first-order valence-corrected chi connectivity index (χ1v) is 12.4. The number of nitrogens with zero attached hydrogens (tertiary/aromatic N) is 2. The van der Waals surface area contributed by atoms with Gasteiger partial charge in [0.2, 0.25) is 5.91 Å². The fraction of sp³-hybridized carbons (Fsp3) is 0.464. The molecule has 2 saturated heterocycles. The summed E-state index contributed by atoms with van der Waals surface area (Å²) in [4.78, 5) is 16.9. The number of benzene rings is 2. The molecule has 0 aromatic heterocycles. The van der Waals surface area contributed by atoms with Crippen LogP contribution in [0.3, 0.4) is 0 Å². The van der Waals surface area contributed by atoms with Crippen LogP contribution in [0.25, 0.3) is 6.08 Å². The smallest absolute Gasteiger partial charge is 0.246 e. The van der Waals surface area contributed by atoms with E-state index >= 15 is 0 Å². The van der Waals surface area contributed by atoms with Gasteiger partial charge in [0.25, 0.3) is 0 Å². The van der Waals surface area contributed by atoms with Crippen molar-refractivity contribution in [2.24, 2.45) is 5.92 Å². The van der Waals surface area contributed by atoms with Crippen LogP contribution in [-0.4, -0.2) is 66.2 Å². The lowest BCUT2D eigenvalue weighted by atomic mass is 9.74. The van der Waals surface area contributed by atoms with Gasteiger partial charge in [-0.2, -0.15) is 0 Å². The second kappa shape index (κ2) is 9.70. The van der Waals surface area contributed by atoms with Crippen molar-refractivity contribution < 1.29 is 9.90 Å². The van der Waals surface area contributed by atoms with Crippen molar-refractivity contribution >= 4 is 17.7 Å². The van der Waals surface area contributed by atoms with E-state index in [4.69, 9.17) is 0 Å². The van der Waals surface area contributed by atoms with Crippen molar-refractivity contribution in [3.63, 3.8) is 0 Å². The van der Waals surface area contributed by atoms with E-state index in [1.54, 1.807) is 6.08 Å². The van der Waals surface area contributed by atoms with Crippen molar-refractivity contribution in [1.29, 1.82) is 0 Å². The third kappa shape index (κ3) is 4.85. The lowest BCUT2D eigenvalue weighted by Gasteiger charge is -2.41. The number of amides is 1. The number of anilines is 1. The molecular formula is C28H35N3O2. The summed E-state index contributed by atoms with van der Waals surface area (Å²) in [5.74, 6) is 0.343. The van der Waals surface area contributed by atoms with Crippen LogP contribution in [0.4, 0.5) is 5.69 Å². The lowest BCUT2D eigenvalue weighted by Crippen LogP contribution is -2.48. The number of likely N-dealkylation sites (tertiary alicyclic amines) is 2. The lowest BCUT2D eigenvalue weighted by molar-refractivity contribution is -0.128. The van der Waals surface area contributed by atoms with Gasteiger partial charge >= 0.3 is 0 Å². The molecule has 0 aliphatic carbocycles. The van der Waals surface area contributed by atoms with Crippen molar-refractivity contribution in [3.05, 3.63) is 71.8 Å². The van der Waals surface area contributed by atoms with Crippen molar-refractivity contribution in [3.8, 4) is 0 Å². The predicted octanol–water partition coefficient (Wildman–Crippen LogP) is 3.76. The number of nitrogens with one attached hydrogen (secondary N) is 1. The number of piperidine rings is 2. The summed E-state index contributed by atoms with van der Waals surface area (Å²) < 4.78 is 0. The van der Waals surface area contributed by atoms with E-state index in [0.29, 0.717) is 0 Å². The van der Waals surface area contributed by atoms with Gasteiger partial charge in [-0.3, -0.25) is 4.79 Å². The summed E-state index contributed by atoms with van der Waals surface area (Å²) in [5, 5.41) is 14.5. The Morgan fingerprint density at radius 1 is 1.03 bits per heavy atom. The summed E-state index contributed by atoms with van der Waals surface area (Å²) in [5.41, 5.74) is 4.07. The number of rotatable bonds is 5. The molecule has 3 heterocycles. The second-order valence-electron chi connectivity index (χ2n) is 9.95. The van der Waals surface area contributed by atoms with Crippen molar-refractivity contribution in [1.82, 2.24) is 9.80 Å². The maximum Gasteiger partial charge on any atom is 0.246 e. The Morgan fingerprint density at radius 2 is 1.73 bits per heavy atom. The van der Waals surface area contributed by atoms with Crippen LogP contribution in [0.5, 0.6) is 0 Å². The average molecular weight is 446 g/mol. The van der Waals surface area contributed by atoms with E-state index in [0.717, 1.165) is 70.5 Å². The summed E-state index contributed by atoms with van der Waals surface area (Å²) in [6.45, 7) is 5.31. The molecule has 2 fully saturated rings. The molecule has 0 saturated carbocycles. The summed E-state index contributed by atoms with van der Waals surface area (Å²) in [6, 6.07) is 18.6. The Bertz CT molecular complexity index is 974. The van der Waals surface area contributed by atoms with E-state index in [1.807, 2.05) is 41.3 Å². The third-order valence-electron chi connectivity index (χ3n) is 7.99. The van der Waals surface area contributed by atoms with Gasteiger partial charge in [0.1, 0.15) is 0 Å². The molecule has 0 unspecified atom stereocenters. The molecule has 5 rings (SSSR count). The van der Waals surface area contributed by atoms with Gasteiger partial charge in [-0.05, 0) is 68.0 Å². The highest BCUT2D eigenvalue weighted by atomic mass is 16.3. The Kier molecular flexibility index (Phi) is 6.52. The molecule has 5 heteroatoms. The molecule has 1 atom stereocenters. The number of hydrogen-bond donors (Lipinski definition) is 2. The molecule has 174 valence electrons. The number of aliphatic hydroxyl groups excluding tert-OH is 1. The molecule has 3 aliphatic heterocycles. The molecule has 2 aromatic carbocycles. The van der Waals surface area contributed by atoms with Gasteiger partial charge < -0.3 is 20.2 Å². The van der Waals surface area contributed by atoms with E-state index in [1.165, 1.54) is 11.3 Å². The zero-order chi connectivity index (χ0) is 22.7. The molecule has 1 amide bonds. The summed E-state index contributed by atoms with van der Waals surface area (Å²) >= 11 is 0. The number of hydrogen-bond acceptors (Lipinski definition) is 4. The monoisotopic (exact) mass is 445 g/mol. The maximum atomic E-state index is 12.5. The number of aliphatic hydroxyl groups is 1. The molecule has 2 aromatic rings. The van der Waals surface area contributed by atoms with Crippen molar-refractivity contribution in [2.45, 2.75) is 37.2 Å². The number of fused-ring (bicyclic) bond motifs is 2. The minimum atomic E-state index is -0.315. The molecule has 1 spiro atoms. The average Bonchev–Trinajstić information content (AvgIpc) is 3.23. The SMILES string of the molecule is O=C(/C=C/c1ccccc1)N1CCC([C@H](O)CN2CCC3(CC2)CNc2ccccc23)CC1. The van der Waals surface area contributed by atoms with Crippen LogP contribution in [0, 0.1) is 5.92 Å². The van der Waals surface area contributed by atoms with Gasteiger partial charge in [-0.15, -0.1) is 0 Å². The molecule has 2 N–H and O–H groups in total. The van der Waals surface area contributed by atoms with Gasteiger partial charge in [0.05, 0.1) is 6.10 Å². The van der Waals surface area contributed by atoms with E-state index < -0.39 is 0 Å². The van der Waals surface area contributed by atoms with Gasteiger partial charge in [-0.1, -0.05) is 48.5 Å². The normalized spacial score (nSPS) is 21.8. The molecule has 33 heavy (non-hydrogen) atoms. The number of para-hydroxylation sites is 1. The maximum absolute atomic E-state index is 12.5. The van der Waals surface area contributed by atoms with Crippen LogP contribution in [0.1, 0.15) is 36.8 Å². The first kappa shape index (κ1) is 22.2. The van der Waals surface area contributed by atoms with Crippen LogP contribution < -0.4 is 5.32 Å². The van der Waals surface area contributed by atoms with E-state index in [2.05, 4.69) is 34.5 Å². The molecule has 0 bridgehead atoms. The molecule has 5 nitrogen and oxygen atoms in total. The standard InChI is InChI=1S/C28H35N3O2/c32-26(20-30-18-14-28(15-19-30)21-29-25-9-5-4-8-24(25)28)23-12-16-31(17-13-23)27(33)11-10-22-6-2-1-3-7-22/h1-11,23,26,29,32H,12-21H2/b11-10+/t26-/m1/s1. The van der Waals surface area contributed by atoms with Gasteiger partial charge in [0.15, 0.2) is 0 Å². The highest BCUT2D eigenvalue weighted by molar-refractivity contribution is 5.91. The number of β-amino-alcohol motifs (C(OH)–C–C–N with tert-alkyl or cyclic N) is 1. The minimum Gasteiger partial charge on any atom is -0.392 e. The van der Waals surface area contributed by atoms with E-state index in [9.17, 15) is 9.90 Å². The third-order valence-corrected chi connectivity index (χ3v) is 7.99. The fourth-order valence-corrected chi connectivity index (χ4v) is 5.82. The summed E-state index contributed by atoms with van der Waals surface area (Å²) in [7, 11) is 0. The first-order chi connectivity index (χ1) is 16.1. The highest BCUT2D eigenvalue weighted by Gasteiger charge is 2.41. The zero-order valence-electron chi connectivity index (χ0n) is 19.3. The van der Waals surface area contributed by atoms with Gasteiger partial charge in [0, 0.05) is 43.4 Å². The van der Waals surface area contributed by atoms with Gasteiger partial charge in [-0.25, -0.2) is 0 Å². The Balaban J connectivity index is 1.07. The molecule has 0 radical (unpaired) electrons. The van der Waals surface area contributed by atoms with E-state index in [-0.39, 0.29) is 23.3 Å². The Hall–Kier alpha value is -2.63. The topological polar surface area (TPSA) is 55.8 Å².